The second-order valence-corrected chi connectivity index (χ2v) is 3.15. The van der Waals surface area contributed by atoms with E-state index < -0.39 is 5.97 Å². The van der Waals surface area contributed by atoms with E-state index in [0.29, 0.717) is 10.5 Å². The van der Waals surface area contributed by atoms with E-state index in [1.165, 1.54) is 18.9 Å². The number of carbonyl (C=O) groups is 1. The van der Waals surface area contributed by atoms with Crippen molar-refractivity contribution in [3.05, 3.63) is 24.3 Å². The number of allylic oxidation sites excluding steroid dienone is 3. The molecule has 3 nitrogen and oxygen atoms in total. The van der Waals surface area contributed by atoms with Crippen molar-refractivity contribution in [3.8, 4) is 0 Å². The number of rotatable bonds is 7. The summed E-state index contributed by atoms with van der Waals surface area (Å²) in [5.41, 5.74) is 0. The van der Waals surface area contributed by atoms with Crippen molar-refractivity contribution in [2.75, 3.05) is 0 Å². The average molecular weight is 214 g/mol. The van der Waals surface area contributed by atoms with Gasteiger partial charge in [-0.25, -0.2) is 4.79 Å². The number of carbonyl (C=O) groups excluding carboxylic acids is 1. The van der Waals surface area contributed by atoms with Gasteiger partial charge in [0.15, 0.2) is 0 Å². The molecule has 0 aromatic carbocycles. The van der Waals surface area contributed by atoms with Gasteiger partial charge in [-0.1, -0.05) is 38.0 Å². The van der Waals surface area contributed by atoms with Gasteiger partial charge in [0.1, 0.15) is 0 Å². The largest absolute Gasteiger partial charge is 0.364 e. The van der Waals surface area contributed by atoms with Crippen LogP contribution in [-0.4, -0.2) is 16.5 Å². The molecule has 0 saturated heterocycles. The van der Waals surface area contributed by atoms with E-state index in [1.807, 2.05) is 6.08 Å². The maximum absolute atomic E-state index is 10.7. The first-order chi connectivity index (χ1) is 6.81. The highest BCUT2D eigenvalue weighted by molar-refractivity contribution is 5.98. The average Bonchev–Trinajstić information content (AvgIpc) is 2.17. The minimum Gasteiger partial charge on any atom is -0.306 e. The lowest BCUT2D eigenvalue weighted by atomic mass is 10.2. The van der Waals surface area contributed by atoms with E-state index in [-0.39, 0.29) is 0 Å². The van der Waals surface area contributed by atoms with Gasteiger partial charge in [-0.05, 0) is 12.8 Å². The van der Waals surface area contributed by atoms with Gasteiger partial charge in [0, 0.05) is 6.08 Å². The van der Waals surface area contributed by atoms with Gasteiger partial charge in [0.05, 0.1) is 0 Å². The monoisotopic (exact) mass is 214 g/mol. The van der Waals surface area contributed by atoms with Gasteiger partial charge in [-0.2, -0.15) is 0 Å². The predicted molar refractivity (Wildman–Crippen MR) is 59.5 cm³/mol. The summed E-state index contributed by atoms with van der Waals surface area (Å²) in [5, 5.41) is 0. The van der Waals surface area contributed by atoms with Crippen molar-refractivity contribution in [2.24, 2.45) is 0 Å². The standard InChI is InChI=1S/C10H18O3Si/c1-2-3-4-5-6-7-8-9-10(11)12-13-14/h5-6,8-9H,2-4,7H2,1,14H3. The minimum absolute atomic E-state index is 0.407. The lowest BCUT2D eigenvalue weighted by molar-refractivity contribution is -0.205. The molecular weight excluding hydrogens is 196 g/mol. The van der Waals surface area contributed by atoms with E-state index in [4.69, 9.17) is 0 Å². The van der Waals surface area contributed by atoms with Crippen molar-refractivity contribution in [3.63, 3.8) is 0 Å². The molecule has 4 heteroatoms. The molecule has 0 atom stereocenters. The summed E-state index contributed by atoms with van der Waals surface area (Å²) >= 11 is 0. The third-order valence-electron chi connectivity index (χ3n) is 1.58. The topological polar surface area (TPSA) is 35.5 Å². The molecule has 0 bridgehead atoms. The lowest BCUT2D eigenvalue weighted by Gasteiger charge is -1.92. The molecule has 0 saturated carbocycles. The zero-order valence-electron chi connectivity index (χ0n) is 8.86. The molecule has 0 radical (unpaired) electrons. The zero-order valence-corrected chi connectivity index (χ0v) is 10.9. The van der Waals surface area contributed by atoms with Crippen LogP contribution in [0.25, 0.3) is 0 Å². The fraction of sp³-hybridized carbons (Fsp3) is 0.500. The second kappa shape index (κ2) is 10.2. The van der Waals surface area contributed by atoms with E-state index in [0.717, 1.165) is 12.8 Å². The van der Waals surface area contributed by atoms with Crippen LogP contribution in [0.3, 0.4) is 0 Å². The van der Waals surface area contributed by atoms with Crippen molar-refractivity contribution < 1.29 is 14.3 Å². The fourth-order valence-electron chi connectivity index (χ4n) is 0.889. The van der Waals surface area contributed by atoms with Crippen LogP contribution >= 0.6 is 0 Å². The van der Waals surface area contributed by atoms with Gasteiger partial charge in [-0.3, -0.25) is 4.58 Å². The Morgan fingerprint density at radius 2 is 2.14 bits per heavy atom. The Hall–Kier alpha value is -0.873. The predicted octanol–water partition coefficient (Wildman–Crippen LogP) is 1.43. The smallest absolute Gasteiger partial charge is 0.306 e. The maximum atomic E-state index is 10.7. The van der Waals surface area contributed by atoms with Crippen LogP contribution in [0.1, 0.15) is 32.6 Å². The van der Waals surface area contributed by atoms with Gasteiger partial charge in [0.2, 0.25) is 10.5 Å². The Morgan fingerprint density at radius 1 is 1.36 bits per heavy atom. The van der Waals surface area contributed by atoms with Crippen LogP contribution < -0.4 is 0 Å². The zero-order chi connectivity index (χ0) is 10.6. The fourth-order valence-corrected chi connectivity index (χ4v) is 1.05. The first-order valence-corrected chi connectivity index (χ1v) is 5.69. The molecular formula is C10H18O3Si. The maximum Gasteiger partial charge on any atom is 0.364 e. The third kappa shape index (κ3) is 9.22. The summed E-state index contributed by atoms with van der Waals surface area (Å²) in [7, 11) is 0.407. The van der Waals surface area contributed by atoms with Crippen LogP contribution in [0, 0.1) is 0 Å². The van der Waals surface area contributed by atoms with Crippen LogP contribution in [0.5, 0.6) is 0 Å². The van der Waals surface area contributed by atoms with Crippen molar-refractivity contribution in [2.45, 2.75) is 32.6 Å². The highest BCUT2D eigenvalue weighted by Gasteiger charge is 1.91. The molecule has 0 aromatic heterocycles. The summed E-state index contributed by atoms with van der Waals surface area (Å²) < 4.78 is 4.33. The SMILES string of the molecule is CCCCC=CCC=CC(=O)OO[SiH3]. The molecule has 0 aliphatic heterocycles. The first-order valence-electron chi connectivity index (χ1n) is 4.87. The van der Waals surface area contributed by atoms with Gasteiger partial charge < -0.3 is 4.89 Å². The number of hydrogen-bond acceptors (Lipinski definition) is 3. The summed E-state index contributed by atoms with van der Waals surface area (Å²) in [6.45, 7) is 2.16. The van der Waals surface area contributed by atoms with Gasteiger partial charge in [0.25, 0.3) is 0 Å². The highest BCUT2D eigenvalue weighted by Crippen LogP contribution is 1.96. The molecule has 80 valence electrons. The Balaban J connectivity index is 3.42. The highest BCUT2D eigenvalue weighted by atomic mass is 28.2. The quantitative estimate of drug-likeness (QED) is 0.161. The minimum atomic E-state index is -0.443. The third-order valence-corrected chi connectivity index (χ3v) is 1.75. The summed E-state index contributed by atoms with van der Waals surface area (Å²) in [4.78, 5) is 15.0. The molecule has 0 N–H and O–H groups in total. The molecule has 0 aliphatic rings. The van der Waals surface area contributed by atoms with E-state index >= 15 is 0 Å². The van der Waals surface area contributed by atoms with Crippen LogP contribution in [0.4, 0.5) is 0 Å². The summed E-state index contributed by atoms with van der Waals surface area (Å²) in [6.07, 6.45) is 11.6. The van der Waals surface area contributed by atoms with Crippen molar-refractivity contribution >= 4 is 16.5 Å². The summed E-state index contributed by atoms with van der Waals surface area (Å²) in [6, 6.07) is 0. The molecule has 0 unspecified atom stereocenters. The van der Waals surface area contributed by atoms with Crippen LogP contribution in [0.2, 0.25) is 0 Å². The Morgan fingerprint density at radius 3 is 2.79 bits per heavy atom. The summed E-state index contributed by atoms with van der Waals surface area (Å²) in [5.74, 6) is -0.443. The molecule has 0 spiro atoms. The Bertz CT molecular complexity index is 200. The van der Waals surface area contributed by atoms with Crippen LogP contribution in [0.15, 0.2) is 24.3 Å². The molecule has 0 aliphatic carbocycles. The molecule has 14 heavy (non-hydrogen) atoms. The van der Waals surface area contributed by atoms with E-state index in [2.05, 4.69) is 22.5 Å². The van der Waals surface area contributed by atoms with E-state index in [1.54, 1.807) is 6.08 Å². The lowest BCUT2D eigenvalue weighted by Crippen LogP contribution is -1.98. The first kappa shape index (κ1) is 13.1. The number of unbranched alkanes of at least 4 members (excludes halogenated alkanes) is 2. The molecule has 0 fully saturated rings. The van der Waals surface area contributed by atoms with Gasteiger partial charge >= 0.3 is 5.97 Å². The van der Waals surface area contributed by atoms with Crippen molar-refractivity contribution in [1.29, 1.82) is 0 Å². The van der Waals surface area contributed by atoms with E-state index in [9.17, 15) is 4.79 Å². The van der Waals surface area contributed by atoms with Gasteiger partial charge in [-0.15, -0.1) is 0 Å². The molecule has 0 amide bonds. The second-order valence-electron chi connectivity index (χ2n) is 2.82. The normalized spacial score (nSPS) is 11.5. The Kier molecular flexibility index (Phi) is 9.57. The van der Waals surface area contributed by atoms with Crippen molar-refractivity contribution in [1.82, 2.24) is 0 Å². The molecule has 0 rings (SSSR count). The number of hydrogen-bond donors (Lipinski definition) is 0. The molecule has 0 aromatic rings. The Labute approximate surface area is 88.3 Å². The molecule has 0 heterocycles. The van der Waals surface area contributed by atoms with Crippen LogP contribution in [-0.2, 0) is 14.3 Å².